The van der Waals surface area contributed by atoms with Gasteiger partial charge in [0.2, 0.25) is 11.8 Å². The lowest BCUT2D eigenvalue weighted by molar-refractivity contribution is 0.297. The number of aryl methyl sites for hydroxylation is 1. The number of ether oxygens (including phenoxy) is 2. The molecular weight excluding hydrogens is 494 g/mol. The van der Waals surface area contributed by atoms with E-state index < -0.39 is 5.82 Å². The van der Waals surface area contributed by atoms with E-state index in [0.29, 0.717) is 29.0 Å². The van der Waals surface area contributed by atoms with Crippen molar-refractivity contribution in [2.24, 2.45) is 0 Å². The number of nitrogens with one attached hydrogen (secondary N) is 1. The van der Waals surface area contributed by atoms with Crippen LogP contribution in [0, 0.1) is 19.7 Å². The van der Waals surface area contributed by atoms with Crippen LogP contribution in [0.5, 0.6) is 11.5 Å². The Labute approximate surface area is 211 Å². The predicted molar refractivity (Wildman–Crippen MR) is 134 cm³/mol. The number of H-pyrrole nitrogens is 1. The SMILES string of the molecule is C=C(OCC)c1[nH]c(C)c(-c2nnc(Cc3ccc(Cl)c(Oc4cc(N)cc(Cl)c4)c3F)o2)c1C. The molecule has 10 heteroatoms. The molecule has 0 amide bonds. The Hall–Kier alpha value is -3.49. The quantitative estimate of drug-likeness (QED) is 0.191. The van der Waals surface area contributed by atoms with Gasteiger partial charge in [-0.15, -0.1) is 10.2 Å². The number of aromatic amines is 1. The monoisotopic (exact) mass is 516 g/mol. The number of nitrogen functional groups attached to an aromatic ring is 1. The second kappa shape index (κ2) is 10.0. The highest BCUT2D eigenvalue weighted by atomic mass is 35.5. The highest BCUT2D eigenvalue weighted by molar-refractivity contribution is 6.32. The van der Waals surface area contributed by atoms with E-state index in [9.17, 15) is 0 Å². The van der Waals surface area contributed by atoms with Crippen molar-refractivity contribution in [3.05, 3.63) is 81.2 Å². The smallest absolute Gasteiger partial charge is 0.249 e. The number of hydrogen-bond donors (Lipinski definition) is 2. The van der Waals surface area contributed by atoms with Gasteiger partial charge in [0.05, 0.1) is 29.3 Å². The lowest BCUT2D eigenvalue weighted by Gasteiger charge is -2.12. The molecule has 0 saturated carbocycles. The van der Waals surface area contributed by atoms with Gasteiger partial charge in [-0.2, -0.15) is 0 Å². The molecule has 3 N–H and O–H groups in total. The summed E-state index contributed by atoms with van der Waals surface area (Å²) in [7, 11) is 0. The molecule has 0 atom stereocenters. The molecule has 0 radical (unpaired) electrons. The maximum absolute atomic E-state index is 15.3. The average Bonchev–Trinajstić information content (AvgIpc) is 3.36. The topological polar surface area (TPSA) is 99.2 Å². The second-order valence-corrected chi connectivity index (χ2v) is 8.67. The van der Waals surface area contributed by atoms with E-state index in [2.05, 4.69) is 21.8 Å². The zero-order chi connectivity index (χ0) is 25.3. The third kappa shape index (κ3) is 5.13. The van der Waals surface area contributed by atoms with Crippen LogP contribution < -0.4 is 10.5 Å². The van der Waals surface area contributed by atoms with Crippen LogP contribution in [0.2, 0.25) is 10.0 Å². The van der Waals surface area contributed by atoms with E-state index in [4.69, 9.17) is 42.8 Å². The molecule has 0 fully saturated rings. The molecule has 0 spiro atoms. The molecule has 0 bridgehead atoms. The van der Waals surface area contributed by atoms with Crippen molar-refractivity contribution < 1.29 is 18.3 Å². The average molecular weight is 517 g/mol. The van der Waals surface area contributed by atoms with Gasteiger partial charge in [-0.05, 0) is 44.5 Å². The van der Waals surface area contributed by atoms with Crippen molar-refractivity contribution in [2.75, 3.05) is 12.3 Å². The van der Waals surface area contributed by atoms with Gasteiger partial charge in [0.25, 0.3) is 0 Å². The third-order valence-electron chi connectivity index (χ3n) is 5.30. The van der Waals surface area contributed by atoms with Crippen LogP contribution in [0.25, 0.3) is 17.2 Å². The van der Waals surface area contributed by atoms with Crippen molar-refractivity contribution >= 4 is 34.6 Å². The molecular formula is C25H23Cl2FN4O3. The first-order chi connectivity index (χ1) is 16.7. The Morgan fingerprint density at radius 2 is 1.97 bits per heavy atom. The van der Waals surface area contributed by atoms with Gasteiger partial charge < -0.3 is 24.6 Å². The van der Waals surface area contributed by atoms with Crippen LogP contribution in [-0.2, 0) is 11.2 Å². The first kappa shape index (κ1) is 24.6. The van der Waals surface area contributed by atoms with E-state index in [1.165, 1.54) is 24.3 Å². The summed E-state index contributed by atoms with van der Waals surface area (Å²) in [5.41, 5.74) is 9.63. The fraction of sp³-hybridized carbons (Fsp3) is 0.200. The van der Waals surface area contributed by atoms with E-state index >= 15 is 4.39 Å². The van der Waals surface area contributed by atoms with Crippen LogP contribution in [0.15, 0.2) is 41.3 Å². The van der Waals surface area contributed by atoms with Crippen LogP contribution >= 0.6 is 23.2 Å². The normalized spacial score (nSPS) is 11.0. The minimum atomic E-state index is -0.653. The molecule has 0 saturated heterocycles. The Balaban J connectivity index is 1.61. The van der Waals surface area contributed by atoms with Crippen LogP contribution in [0.4, 0.5) is 10.1 Å². The van der Waals surface area contributed by atoms with Gasteiger partial charge in [-0.1, -0.05) is 35.8 Å². The Morgan fingerprint density at radius 1 is 1.20 bits per heavy atom. The van der Waals surface area contributed by atoms with Gasteiger partial charge in [-0.25, -0.2) is 4.39 Å². The first-order valence-electron chi connectivity index (χ1n) is 10.7. The molecule has 4 aromatic rings. The molecule has 0 aliphatic heterocycles. The van der Waals surface area contributed by atoms with Crippen molar-refractivity contribution in [3.63, 3.8) is 0 Å². The van der Waals surface area contributed by atoms with E-state index in [1.54, 1.807) is 6.07 Å². The Morgan fingerprint density at radius 3 is 2.69 bits per heavy atom. The minimum Gasteiger partial charge on any atom is -0.492 e. The summed E-state index contributed by atoms with van der Waals surface area (Å²) in [5.74, 6) is 0.515. The summed E-state index contributed by atoms with van der Waals surface area (Å²) >= 11 is 12.2. The second-order valence-electron chi connectivity index (χ2n) is 7.83. The van der Waals surface area contributed by atoms with Gasteiger partial charge >= 0.3 is 0 Å². The molecule has 0 unspecified atom stereocenters. The number of benzene rings is 2. The molecule has 4 rings (SSSR count). The third-order valence-corrected chi connectivity index (χ3v) is 5.82. The van der Waals surface area contributed by atoms with Crippen LogP contribution in [-0.4, -0.2) is 21.8 Å². The van der Waals surface area contributed by atoms with Gasteiger partial charge in [0.1, 0.15) is 11.5 Å². The Kier molecular flexibility index (Phi) is 7.05. The maximum Gasteiger partial charge on any atom is 0.249 e. The molecule has 0 aliphatic rings. The number of aromatic nitrogens is 3. The van der Waals surface area contributed by atoms with Crippen LogP contribution in [0.1, 0.15) is 35.3 Å². The summed E-state index contributed by atoms with van der Waals surface area (Å²) in [6.45, 7) is 10.1. The van der Waals surface area contributed by atoms with E-state index in [1.807, 2.05) is 20.8 Å². The lowest BCUT2D eigenvalue weighted by Crippen LogP contribution is -1.98. The van der Waals surface area contributed by atoms with Crippen molar-refractivity contribution in [2.45, 2.75) is 27.2 Å². The summed E-state index contributed by atoms with van der Waals surface area (Å²) < 4.78 is 32.4. The van der Waals surface area contributed by atoms with Gasteiger partial charge in [-0.3, -0.25) is 0 Å². The van der Waals surface area contributed by atoms with E-state index in [-0.39, 0.29) is 34.4 Å². The number of nitrogens with zero attached hydrogens (tertiary/aromatic N) is 2. The zero-order valence-corrected chi connectivity index (χ0v) is 20.9. The fourth-order valence-corrected chi connectivity index (χ4v) is 4.17. The predicted octanol–water partition coefficient (Wildman–Crippen LogP) is 7.10. The van der Waals surface area contributed by atoms with Gasteiger partial charge in [0.15, 0.2) is 11.6 Å². The summed E-state index contributed by atoms with van der Waals surface area (Å²) in [5, 5.41) is 8.72. The number of rotatable bonds is 8. The Bertz CT molecular complexity index is 1390. The fourth-order valence-electron chi connectivity index (χ4n) is 3.75. The largest absolute Gasteiger partial charge is 0.492 e. The number of anilines is 1. The number of hydrogen-bond acceptors (Lipinski definition) is 6. The molecule has 0 aliphatic carbocycles. The van der Waals surface area contributed by atoms with Crippen molar-refractivity contribution in [1.29, 1.82) is 0 Å². The maximum atomic E-state index is 15.3. The van der Waals surface area contributed by atoms with Crippen molar-refractivity contribution in [1.82, 2.24) is 15.2 Å². The van der Waals surface area contributed by atoms with Gasteiger partial charge in [0, 0.05) is 28.0 Å². The summed E-state index contributed by atoms with van der Waals surface area (Å²) in [4.78, 5) is 3.25. The highest BCUT2D eigenvalue weighted by Crippen LogP contribution is 2.37. The first-order valence-corrected chi connectivity index (χ1v) is 11.5. The lowest BCUT2D eigenvalue weighted by atomic mass is 10.1. The highest BCUT2D eigenvalue weighted by Gasteiger charge is 2.22. The molecule has 2 heterocycles. The van der Waals surface area contributed by atoms with Crippen LogP contribution in [0.3, 0.4) is 0 Å². The molecule has 7 nitrogen and oxygen atoms in total. The van der Waals surface area contributed by atoms with E-state index in [0.717, 1.165) is 22.5 Å². The molecule has 182 valence electrons. The minimum absolute atomic E-state index is 0.0328. The number of nitrogens with two attached hydrogens (primary N) is 1. The standard InChI is InChI=1S/C25H23Cl2FN4O3/c1-5-33-14(4)23-12(2)21(13(3)30-23)25-32-31-20(35-25)8-15-6-7-19(27)24(22(15)28)34-18-10-16(26)9-17(29)11-18/h6-7,9-11,30H,4-5,8,29H2,1-3H3. The zero-order valence-electron chi connectivity index (χ0n) is 19.3. The molecule has 2 aromatic heterocycles. The summed E-state index contributed by atoms with van der Waals surface area (Å²) in [6, 6.07) is 7.67. The summed E-state index contributed by atoms with van der Waals surface area (Å²) in [6.07, 6.45) is 0.0328. The van der Waals surface area contributed by atoms with Crippen molar-refractivity contribution in [3.8, 4) is 23.0 Å². The molecule has 2 aromatic carbocycles. The molecule has 35 heavy (non-hydrogen) atoms. The number of halogens is 3.